The van der Waals surface area contributed by atoms with Crippen molar-refractivity contribution in [3.05, 3.63) is 30.2 Å². The Balaban J connectivity index is 2.62. The zero-order valence-corrected chi connectivity index (χ0v) is 10.5. The fourth-order valence-corrected chi connectivity index (χ4v) is 1.47. The van der Waals surface area contributed by atoms with E-state index in [1.165, 1.54) is 17.2 Å². The molecule has 98 valence electrons. The third-order valence-corrected chi connectivity index (χ3v) is 2.41. The van der Waals surface area contributed by atoms with Crippen LogP contribution in [0.3, 0.4) is 0 Å². The van der Waals surface area contributed by atoms with Gasteiger partial charge in [0.05, 0.1) is 12.7 Å². The number of carboxylic acid groups (broad SMARTS) is 1. The molecule has 0 aliphatic rings. The summed E-state index contributed by atoms with van der Waals surface area (Å²) < 4.78 is 5.07. The van der Waals surface area contributed by atoms with Crippen LogP contribution in [-0.2, 0) is 9.59 Å². The number of nitrogens with zero attached hydrogens (tertiary/aromatic N) is 1. The zero-order chi connectivity index (χ0) is 13.5. The molecule has 18 heavy (non-hydrogen) atoms. The molecule has 1 aromatic rings. The molecule has 1 N–H and O–H groups in total. The summed E-state index contributed by atoms with van der Waals surface area (Å²) in [5, 5.41) is 8.64. The van der Waals surface area contributed by atoms with Gasteiger partial charge in [-0.1, -0.05) is 0 Å². The summed E-state index contributed by atoms with van der Waals surface area (Å²) in [6, 6.07) is 3.42. The first-order valence-electron chi connectivity index (χ1n) is 5.74. The molecule has 0 aromatic carbocycles. The second-order valence-electron chi connectivity index (χ2n) is 4.12. The Morgan fingerprint density at radius 3 is 2.72 bits per heavy atom. The van der Waals surface area contributed by atoms with E-state index in [9.17, 15) is 9.59 Å². The summed E-state index contributed by atoms with van der Waals surface area (Å²) >= 11 is 0. The molecule has 0 fully saturated rings. The highest BCUT2D eigenvalue weighted by atomic mass is 16.4. The molecule has 1 amide bonds. The molecule has 5 heteroatoms. The number of aliphatic carboxylic acids is 1. The van der Waals surface area contributed by atoms with Gasteiger partial charge in [-0.25, -0.2) is 0 Å². The van der Waals surface area contributed by atoms with Crippen molar-refractivity contribution in [3.8, 4) is 0 Å². The number of hydrogen-bond donors (Lipinski definition) is 1. The maximum atomic E-state index is 11.9. The summed E-state index contributed by atoms with van der Waals surface area (Å²) in [4.78, 5) is 23.9. The van der Waals surface area contributed by atoms with Gasteiger partial charge in [0, 0.05) is 18.7 Å². The molecule has 0 saturated carbocycles. The summed E-state index contributed by atoms with van der Waals surface area (Å²) in [6.07, 6.45) is 4.42. The lowest BCUT2D eigenvalue weighted by molar-refractivity contribution is -0.138. The number of carbonyl (C=O) groups excluding carboxylic acids is 1. The molecular formula is C13H17NO4. The first-order chi connectivity index (χ1) is 8.50. The highest BCUT2D eigenvalue weighted by Crippen LogP contribution is 2.06. The van der Waals surface area contributed by atoms with Gasteiger partial charge in [-0.05, 0) is 32.1 Å². The Kier molecular flexibility index (Phi) is 5.17. The van der Waals surface area contributed by atoms with Gasteiger partial charge in [0.1, 0.15) is 5.76 Å². The van der Waals surface area contributed by atoms with Crippen LogP contribution in [-0.4, -0.2) is 34.5 Å². The highest BCUT2D eigenvalue weighted by Gasteiger charge is 2.15. The van der Waals surface area contributed by atoms with Crippen LogP contribution in [0.25, 0.3) is 6.08 Å². The van der Waals surface area contributed by atoms with Crippen molar-refractivity contribution >= 4 is 18.0 Å². The Hall–Kier alpha value is -2.04. The molecular weight excluding hydrogens is 234 g/mol. The maximum absolute atomic E-state index is 11.9. The summed E-state index contributed by atoms with van der Waals surface area (Å²) in [5.74, 6) is -0.545. The van der Waals surface area contributed by atoms with Gasteiger partial charge in [-0.2, -0.15) is 0 Å². The third-order valence-electron chi connectivity index (χ3n) is 2.41. The summed E-state index contributed by atoms with van der Waals surface area (Å²) in [5.41, 5.74) is 0. The normalized spacial score (nSPS) is 11.1. The van der Waals surface area contributed by atoms with Gasteiger partial charge < -0.3 is 14.4 Å². The van der Waals surface area contributed by atoms with Crippen LogP contribution in [0.4, 0.5) is 0 Å². The first-order valence-corrected chi connectivity index (χ1v) is 5.74. The quantitative estimate of drug-likeness (QED) is 0.785. The summed E-state index contributed by atoms with van der Waals surface area (Å²) in [7, 11) is 0. The van der Waals surface area contributed by atoms with Crippen molar-refractivity contribution in [2.24, 2.45) is 0 Å². The van der Waals surface area contributed by atoms with Crippen LogP contribution in [0, 0.1) is 0 Å². The fourth-order valence-electron chi connectivity index (χ4n) is 1.47. The first kappa shape index (κ1) is 14.0. The molecule has 0 spiro atoms. The van der Waals surface area contributed by atoms with E-state index in [-0.39, 0.29) is 24.9 Å². The van der Waals surface area contributed by atoms with Gasteiger partial charge >= 0.3 is 5.97 Å². The van der Waals surface area contributed by atoms with E-state index < -0.39 is 5.97 Å². The van der Waals surface area contributed by atoms with E-state index in [4.69, 9.17) is 9.52 Å². The van der Waals surface area contributed by atoms with Gasteiger partial charge in [0.25, 0.3) is 0 Å². The van der Waals surface area contributed by atoms with Crippen molar-refractivity contribution in [1.29, 1.82) is 0 Å². The van der Waals surface area contributed by atoms with E-state index >= 15 is 0 Å². The van der Waals surface area contributed by atoms with E-state index in [2.05, 4.69) is 0 Å². The molecule has 0 unspecified atom stereocenters. The average Bonchev–Trinajstić information content (AvgIpc) is 2.78. The van der Waals surface area contributed by atoms with Crippen molar-refractivity contribution in [2.75, 3.05) is 6.54 Å². The lowest BCUT2D eigenvalue weighted by atomic mass is 10.2. The maximum Gasteiger partial charge on any atom is 0.305 e. The number of amides is 1. The van der Waals surface area contributed by atoms with Crippen molar-refractivity contribution in [3.63, 3.8) is 0 Å². The number of carbonyl (C=O) groups is 2. The summed E-state index contributed by atoms with van der Waals surface area (Å²) in [6.45, 7) is 3.90. The second-order valence-corrected chi connectivity index (χ2v) is 4.12. The van der Waals surface area contributed by atoms with Gasteiger partial charge in [0.15, 0.2) is 0 Å². The molecule has 1 rings (SSSR count). The lowest BCUT2D eigenvalue weighted by Crippen LogP contribution is -2.37. The topological polar surface area (TPSA) is 70.8 Å². The number of carboxylic acids is 1. The van der Waals surface area contributed by atoms with E-state index in [0.29, 0.717) is 5.76 Å². The highest BCUT2D eigenvalue weighted by molar-refractivity contribution is 5.91. The fraction of sp³-hybridized carbons (Fsp3) is 0.385. The Bertz CT molecular complexity index is 420. The Morgan fingerprint density at radius 2 is 2.22 bits per heavy atom. The van der Waals surface area contributed by atoms with Crippen molar-refractivity contribution in [2.45, 2.75) is 26.3 Å². The predicted octanol–water partition coefficient (Wildman–Crippen LogP) is 2.00. The molecule has 0 aliphatic carbocycles. The van der Waals surface area contributed by atoms with Crippen LogP contribution < -0.4 is 0 Å². The molecule has 0 saturated heterocycles. The van der Waals surface area contributed by atoms with Crippen LogP contribution in [0.2, 0.25) is 0 Å². The van der Waals surface area contributed by atoms with Crippen LogP contribution in [0.15, 0.2) is 28.9 Å². The van der Waals surface area contributed by atoms with Gasteiger partial charge in [-0.15, -0.1) is 0 Å². The lowest BCUT2D eigenvalue weighted by Gasteiger charge is -2.24. The molecule has 1 heterocycles. The molecule has 5 nitrogen and oxygen atoms in total. The van der Waals surface area contributed by atoms with Crippen LogP contribution in [0.1, 0.15) is 26.0 Å². The van der Waals surface area contributed by atoms with Crippen molar-refractivity contribution in [1.82, 2.24) is 4.90 Å². The number of hydrogen-bond acceptors (Lipinski definition) is 3. The van der Waals surface area contributed by atoms with Crippen molar-refractivity contribution < 1.29 is 19.1 Å². The van der Waals surface area contributed by atoms with Crippen LogP contribution in [0.5, 0.6) is 0 Å². The Labute approximate surface area is 106 Å². The number of rotatable bonds is 6. The molecule has 0 atom stereocenters. The zero-order valence-electron chi connectivity index (χ0n) is 10.5. The minimum absolute atomic E-state index is 0.0434. The molecule has 0 bridgehead atoms. The van der Waals surface area contributed by atoms with E-state index in [1.807, 2.05) is 13.8 Å². The largest absolute Gasteiger partial charge is 0.481 e. The standard InChI is InChI=1S/C13H17NO4/c1-10(2)14(8-7-13(16)17)12(15)6-5-11-4-3-9-18-11/h3-6,9-10H,7-8H2,1-2H3,(H,16,17)/b6-5+. The van der Waals surface area contributed by atoms with Crippen LogP contribution >= 0.6 is 0 Å². The minimum Gasteiger partial charge on any atom is -0.481 e. The second kappa shape index (κ2) is 6.64. The minimum atomic E-state index is -0.913. The molecule has 0 radical (unpaired) electrons. The smallest absolute Gasteiger partial charge is 0.305 e. The van der Waals surface area contributed by atoms with E-state index in [1.54, 1.807) is 18.2 Å². The SMILES string of the molecule is CC(C)N(CCC(=O)O)C(=O)/C=C/c1ccco1. The average molecular weight is 251 g/mol. The monoisotopic (exact) mass is 251 g/mol. The van der Waals surface area contributed by atoms with Gasteiger partial charge in [-0.3, -0.25) is 9.59 Å². The Morgan fingerprint density at radius 1 is 1.50 bits per heavy atom. The number of furan rings is 1. The van der Waals surface area contributed by atoms with E-state index in [0.717, 1.165) is 0 Å². The van der Waals surface area contributed by atoms with Gasteiger partial charge in [0.2, 0.25) is 5.91 Å². The molecule has 0 aliphatic heterocycles. The molecule has 1 aromatic heterocycles. The predicted molar refractivity (Wildman–Crippen MR) is 66.8 cm³/mol. The third kappa shape index (κ3) is 4.45.